The summed E-state index contributed by atoms with van der Waals surface area (Å²) in [6.45, 7) is 6.65. The summed E-state index contributed by atoms with van der Waals surface area (Å²) in [6.07, 6.45) is 0. The summed E-state index contributed by atoms with van der Waals surface area (Å²) >= 11 is 0. The molecule has 1 fully saturated rings. The first-order valence-electron chi connectivity index (χ1n) is 5.14. The second-order valence-electron chi connectivity index (χ2n) is 4.58. The molecule has 0 unspecified atom stereocenters. The molecule has 3 nitrogen and oxygen atoms in total. The van der Waals surface area contributed by atoms with Gasteiger partial charge in [0.15, 0.2) is 0 Å². The molecule has 0 bridgehead atoms. The molecule has 0 radical (unpaired) electrons. The van der Waals surface area contributed by atoms with Crippen LogP contribution in [-0.2, 0) is 9.31 Å². The van der Waals surface area contributed by atoms with Gasteiger partial charge in [-0.3, -0.25) is 0 Å². The molecule has 2 N–H and O–H groups in total. The van der Waals surface area contributed by atoms with E-state index in [1.54, 1.807) is 0 Å². The Hall–Kier alpha value is -0.995. The summed E-state index contributed by atoms with van der Waals surface area (Å²) in [7, 11) is -0.275. The molecule has 0 atom stereocenters. The van der Waals surface area contributed by atoms with E-state index < -0.39 is 0 Å². The minimum atomic E-state index is -0.275. The van der Waals surface area contributed by atoms with Gasteiger partial charge in [0.05, 0.1) is 12.2 Å². The highest BCUT2D eigenvalue weighted by Crippen LogP contribution is 2.21. The summed E-state index contributed by atoms with van der Waals surface area (Å²) in [5.41, 5.74) is 8.49. The summed E-state index contributed by atoms with van der Waals surface area (Å²) in [4.78, 5) is 0. The third kappa shape index (κ3) is 2.01. The van der Waals surface area contributed by atoms with Crippen LogP contribution >= 0.6 is 0 Å². The monoisotopic (exact) mass is 205 g/mol. The molecule has 1 aliphatic heterocycles. The van der Waals surface area contributed by atoms with E-state index in [9.17, 15) is 0 Å². The minimum Gasteiger partial charge on any atom is -0.404 e. The van der Waals surface area contributed by atoms with Gasteiger partial charge in [0, 0.05) is 5.69 Å². The standard InChI is InChI=1S/C11H16BNO2/c1-8-9(5-4-6-10(8)13)12-14-7-11(2,3)15-12/h4-6H,7,13H2,1-3H3. The summed E-state index contributed by atoms with van der Waals surface area (Å²) < 4.78 is 11.4. The van der Waals surface area contributed by atoms with E-state index in [-0.39, 0.29) is 12.7 Å². The van der Waals surface area contributed by atoms with Crippen molar-refractivity contribution in [2.75, 3.05) is 12.3 Å². The Labute approximate surface area is 90.7 Å². The lowest BCUT2D eigenvalue weighted by atomic mass is 9.76. The SMILES string of the molecule is Cc1c(N)cccc1B1OCC(C)(C)O1. The number of anilines is 1. The lowest BCUT2D eigenvalue weighted by Crippen LogP contribution is -2.36. The van der Waals surface area contributed by atoms with Crippen molar-refractivity contribution in [1.82, 2.24) is 0 Å². The zero-order chi connectivity index (χ0) is 11.1. The first-order valence-corrected chi connectivity index (χ1v) is 5.14. The Bertz CT molecular complexity index is 379. The molecule has 0 amide bonds. The lowest BCUT2D eigenvalue weighted by Gasteiger charge is -2.16. The maximum atomic E-state index is 5.84. The molecular weight excluding hydrogens is 189 g/mol. The van der Waals surface area contributed by atoms with Crippen LogP contribution in [0.2, 0.25) is 0 Å². The van der Waals surface area contributed by atoms with Gasteiger partial charge < -0.3 is 15.0 Å². The molecule has 1 saturated heterocycles. The van der Waals surface area contributed by atoms with Gasteiger partial charge in [-0.2, -0.15) is 0 Å². The van der Waals surface area contributed by atoms with Gasteiger partial charge in [0.25, 0.3) is 0 Å². The van der Waals surface area contributed by atoms with Crippen molar-refractivity contribution in [3.63, 3.8) is 0 Å². The molecule has 0 saturated carbocycles. The Morgan fingerprint density at radius 1 is 1.40 bits per heavy atom. The molecular formula is C11H16BNO2. The van der Waals surface area contributed by atoms with Crippen molar-refractivity contribution in [2.24, 2.45) is 0 Å². The highest BCUT2D eigenvalue weighted by molar-refractivity contribution is 6.62. The van der Waals surface area contributed by atoms with Crippen LogP contribution in [-0.4, -0.2) is 19.3 Å². The van der Waals surface area contributed by atoms with E-state index >= 15 is 0 Å². The van der Waals surface area contributed by atoms with Gasteiger partial charge in [-0.25, -0.2) is 0 Å². The van der Waals surface area contributed by atoms with E-state index in [0.29, 0.717) is 6.61 Å². The normalized spacial score (nSPS) is 19.5. The van der Waals surface area contributed by atoms with Crippen LogP contribution in [0.15, 0.2) is 18.2 Å². The van der Waals surface area contributed by atoms with Gasteiger partial charge in [-0.15, -0.1) is 0 Å². The van der Waals surface area contributed by atoms with E-state index in [1.807, 2.05) is 39.0 Å². The van der Waals surface area contributed by atoms with Crippen molar-refractivity contribution in [3.05, 3.63) is 23.8 Å². The Morgan fingerprint density at radius 3 is 2.73 bits per heavy atom. The third-order valence-corrected chi connectivity index (χ3v) is 2.68. The fourth-order valence-corrected chi connectivity index (χ4v) is 1.71. The molecule has 0 aromatic heterocycles. The average Bonchev–Trinajstić information content (AvgIpc) is 2.51. The van der Waals surface area contributed by atoms with Crippen molar-refractivity contribution in [2.45, 2.75) is 26.4 Å². The summed E-state index contributed by atoms with van der Waals surface area (Å²) in [5.74, 6) is 0. The molecule has 2 rings (SSSR count). The van der Waals surface area contributed by atoms with Gasteiger partial charge >= 0.3 is 7.12 Å². The second-order valence-corrected chi connectivity index (χ2v) is 4.58. The minimum absolute atomic E-state index is 0.207. The fourth-order valence-electron chi connectivity index (χ4n) is 1.71. The predicted octanol–water partition coefficient (Wildman–Crippen LogP) is 1.10. The van der Waals surface area contributed by atoms with Crippen LogP contribution in [0.3, 0.4) is 0 Å². The molecule has 0 spiro atoms. The van der Waals surface area contributed by atoms with Crippen LogP contribution in [0.5, 0.6) is 0 Å². The maximum Gasteiger partial charge on any atom is 0.494 e. The second kappa shape index (κ2) is 3.54. The molecule has 0 aliphatic carbocycles. The number of benzene rings is 1. The van der Waals surface area contributed by atoms with Crippen LogP contribution in [0.4, 0.5) is 5.69 Å². The number of hydrogen-bond donors (Lipinski definition) is 1. The van der Waals surface area contributed by atoms with Gasteiger partial charge in [0.2, 0.25) is 0 Å². The molecule has 1 heterocycles. The zero-order valence-corrected chi connectivity index (χ0v) is 9.41. The van der Waals surface area contributed by atoms with E-state index in [0.717, 1.165) is 16.7 Å². The van der Waals surface area contributed by atoms with Crippen LogP contribution in [0, 0.1) is 6.92 Å². The number of nitrogens with two attached hydrogens (primary N) is 1. The first kappa shape index (κ1) is 10.5. The Balaban J connectivity index is 2.28. The largest absolute Gasteiger partial charge is 0.494 e. The predicted molar refractivity (Wildman–Crippen MR) is 62.1 cm³/mol. The van der Waals surface area contributed by atoms with Crippen molar-refractivity contribution in [3.8, 4) is 0 Å². The van der Waals surface area contributed by atoms with Crippen LogP contribution < -0.4 is 11.2 Å². The van der Waals surface area contributed by atoms with Crippen LogP contribution in [0.25, 0.3) is 0 Å². The third-order valence-electron chi connectivity index (χ3n) is 2.68. The lowest BCUT2D eigenvalue weighted by molar-refractivity contribution is 0.137. The molecule has 1 aliphatic rings. The highest BCUT2D eigenvalue weighted by atomic mass is 16.7. The smallest absolute Gasteiger partial charge is 0.404 e. The number of hydrogen-bond acceptors (Lipinski definition) is 3. The molecule has 4 heteroatoms. The zero-order valence-electron chi connectivity index (χ0n) is 9.41. The molecule has 80 valence electrons. The Morgan fingerprint density at radius 2 is 2.13 bits per heavy atom. The van der Waals surface area contributed by atoms with Crippen molar-refractivity contribution in [1.29, 1.82) is 0 Å². The van der Waals surface area contributed by atoms with Crippen LogP contribution in [0.1, 0.15) is 19.4 Å². The van der Waals surface area contributed by atoms with Gasteiger partial charge in [-0.1, -0.05) is 12.1 Å². The topological polar surface area (TPSA) is 44.5 Å². The Kier molecular flexibility index (Phi) is 2.48. The van der Waals surface area contributed by atoms with E-state index in [2.05, 4.69) is 0 Å². The maximum absolute atomic E-state index is 5.84. The highest BCUT2D eigenvalue weighted by Gasteiger charge is 2.38. The molecule has 1 aromatic carbocycles. The summed E-state index contributed by atoms with van der Waals surface area (Å²) in [6, 6.07) is 5.81. The van der Waals surface area contributed by atoms with Gasteiger partial charge in [-0.05, 0) is 37.9 Å². The van der Waals surface area contributed by atoms with Crippen molar-refractivity contribution < 1.29 is 9.31 Å². The van der Waals surface area contributed by atoms with Gasteiger partial charge in [0.1, 0.15) is 0 Å². The fraction of sp³-hybridized carbons (Fsp3) is 0.455. The molecule has 1 aromatic rings. The van der Waals surface area contributed by atoms with Crippen molar-refractivity contribution >= 4 is 18.3 Å². The first-order chi connectivity index (χ1) is 6.99. The summed E-state index contributed by atoms with van der Waals surface area (Å²) in [5, 5.41) is 0. The number of nitrogen functional groups attached to an aromatic ring is 1. The quantitative estimate of drug-likeness (QED) is 0.551. The van der Waals surface area contributed by atoms with E-state index in [1.165, 1.54) is 0 Å². The average molecular weight is 205 g/mol. The molecule has 15 heavy (non-hydrogen) atoms. The number of rotatable bonds is 1. The van der Waals surface area contributed by atoms with E-state index in [4.69, 9.17) is 15.0 Å².